The van der Waals surface area contributed by atoms with E-state index in [1.54, 1.807) is 0 Å². The van der Waals surface area contributed by atoms with Gasteiger partial charge in [0, 0.05) is 18.5 Å². The van der Waals surface area contributed by atoms with Crippen molar-refractivity contribution in [2.45, 2.75) is 63.3 Å². The normalized spacial score (nSPS) is 18.6. The van der Waals surface area contributed by atoms with Crippen molar-refractivity contribution in [3.05, 3.63) is 0 Å². The van der Waals surface area contributed by atoms with Crippen LogP contribution in [0, 0.1) is 0 Å². The quantitative estimate of drug-likeness (QED) is 0.668. The molecule has 1 amide bonds. The van der Waals surface area contributed by atoms with Gasteiger partial charge >= 0.3 is 0 Å². The number of rotatable bonds is 8. The molecule has 3 nitrogen and oxygen atoms in total. The molecule has 0 aromatic heterocycles. The predicted octanol–water partition coefficient (Wildman–Crippen LogP) is 2.69. The minimum absolute atomic E-state index is 0.143. The van der Waals surface area contributed by atoms with E-state index < -0.39 is 0 Å². The van der Waals surface area contributed by atoms with Crippen molar-refractivity contribution < 1.29 is 4.79 Å². The molecule has 1 rings (SSSR count). The van der Waals surface area contributed by atoms with Crippen LogP contribution in [-0.4, -0.2) is 30.0 Å². The number of hydrogen-bond acceptors (Lipinski definition) is 3. The fraction of sp³-hybridized carbons (Fsp3) is 0.929. The Morgan fingerprint density at radius 3 is 2.61 bits per heavy atom. The molecule has 0 heterocycles. The number of unbranched alkanes of at least 4 members (excludes halogenated alkanes) is 2. The van der Waals surface area contributed by atoms with Crippen molar-refractivity contribution in [2.24, 2.45) is 5.73 Å². The summed E-state index contributed by atoms with van der Waals surface area (Å²) in [6.45, 7) is 0.809. The van der Waals surface area contributed by atoms with Crippen molar-refractivity contribution in [1.82, 2.24) is 5.32 Å². The van der Waals surface area contributed by atoms with E-state index in [4.69, 9.17) is 5.73 Å². The van der Waals surface area contributed by atoms with Crippen LogP contribution < -0.4 is 11.1 Å². The summed E-state index contributed by atoms with van der Waals surface area (Å²) in [6.07, 6.45) is 11.8. The fourth-order valence-electron chi connectivity index (χ4n) is 2.59. The summed E-state index contributed by atoms with van der Waals surface area (Å²) in [5.41, 5.74) is 6.05. The summed E-state index contributed by atoms with van der Waals surface area (Å²) >= 11 is 1.88. The number of thioether (sulfide) groups is 1. The second kappa shape index (κ2) is 8.81. The third-order valence-corrected chi connectivity index (χ3v) is 4.41. The third kappa shape index (κ3) is 6.64. The van der Waals surface area contributed by atoms with Crippen LogP contribution in [0.2, 0.25) is 0 Å². The molecule has 0 atom stereocenters. The van der Waals surface area contributed by atoms with E-state index in [0.29, 0.717) is 6.42 Å². The molecule has 0 aromatic carbocycles. The van der Waals surface area contributed by atoms with Crippen molar-refractivity contribution in [3.8, 4) is 0 Å². The maximum absolute atomic E-state index is 11.8. The Morgan fingerprint density at radius 1 is 1.22 bits per heavy atom. The molecule has 0 bridgehead atoms. The zero-order valence-corrected chi connectivity index (χ0v) is 12.5. The molecule has 1 aliphatic rings. The molecule has 0 spiro atoms. The highest BCUT2D eigenvalue weighted by Gasteiger charge is 2.29. The van der Waals surface area contributed by atoms with E-state index in [1.165, 1.54) is 37.9 Å². The second-order valence-electron chi connectivity index (χ2n) is 5.50. The molecule has 0 aliphatic heterocycles. The molecule has 3 N–H and O–H groups in total. The van der Waals surface area contributed by atoms with E-state index in [0.717, 1.165) is 25.8 Å². The van der Waals surface area contributed by atoms with Crippen LogP contribution in [-0.2, 0) is 4.79 Å². The molecule has 0 saturated heterocycles. The minimum atomic E-state index is -0.221. The zero-order chi connectivity index (χ0) is 13.3. The molecule has 18 heavy (non-hydrogen) atoms. The van der Waals surface area contributed by atoms with Crippen LogP contribution in [0.25, 0.3) is 0 Å². The van der Waals surface area contributed by atoms with E-state index in [-0.39, 0.29) is 11.4 Å². The van der Waals surface area contributed by atoms with Crippen LogP contribution >= 0.6 is 11.8 Å². The highest BCUT2D eigenvalue weighted by atomic mass is 32.2. The van der Waals surface area contributed by atoms with E-state index >= 15 is 0 Å². The van der Waals surface area contributed by atoms with Gasteiger partial charge < -0.3 is 11.1 Å². The summed E-state index contributed by atoms with van der Waals surface area (Å²) in [7, 11) is 0. The van der Waals surface area contributed by atoms with Gasteiger partial charge in [-0.3, -0.25) is 4.79 Å². The van der Waals surface area contributed by atoms with Crippen molar-refractivity contribution >= 4 is 17.7 Å². The summed E-state index contributed by atoms with van der Waals surface area (Å²) in [5, 5.41) is 3.01. The van der Waals surface area contributed by atoms with Gasteiger partial charge in [-0.2, -0.15) is 11.8 Å². The molecule has 4 heteroatoms. The van der Waals surface area contributed by atoms with Crippen LogP contribution in [0.15, 0.2) is 0 Å². The lowest BCUT2D eigenvalue weighted by molar-refractivity contribution is -0.122. The predicted molar refractivity (Wildman–Crippen MR) is 79.9 cm³/mol. The lowest BCUT2D eigenvalue weighted by atomic mass is 9.80. The Kier molecular flexibility index (Phi) is 7.75. The Bertz CT molecular complexity index is 240. The zero-order valence-electron chi connectivity index (χ0n) is 11.7. The number of nitrogens with two attached hydrogens (primary N) is 1. The van der Waals surface area contributed by atoms with Crippen molar-refractivity contribution in [3.63, 3.8) is 0 Å². The largest absolute Gasteiger partial charge is 0.356 e. The van der Waals surface area contributed by atoms with Crippen LogP contribution in [0.5, 0.6) is 0 Å². The van der Waals surface area contributed by atoms with Crippen LogP contribution in [0.4, 0.5) is 0 Å². The molecule has 1 saturated carbocycles. The van der Waals surface area contributed by atoms with Gasteiger partial charge in [-0.15, -0.1) is 0 Å². The first-order chi connectivity index (χ1) is 8.66. The molecule has 0 unspecified atom stereocenters. The van der Waals surface area contributed by atoms with Gasteiger partial charge in [-0.05, 0) is 37.7 Å². The van der Waals surface area contributed by atoms with Gasteiger partial charge in [0.2, 0.25) is 5.91 Å². The fourth-order valence-corrected chi connectivity index (χ4v) is 3.08. The summed E-state index contributed by atoms with van der Waals surface area (Å²) in [5.74, 6) is 1.36. The first-order valence-electron chi connectivity index (χ1n) is 7.21. The van der Waals surface area contributed by atoms with Crippen molar-refractivity contribution in [2.75, 3.05) is 18.6 Å². The summed E-state index contributed by atoms with van der Waals surface area (Å²) in [6, 6.07) is 0. The highest BCUT2D eigenvalue weighted by Crippen LogP contribution is 2.28. The lowest BCUT2D eigenvalue weighted by Crippen LogP contribution is -2.46. The summed E-state index contributed by atoms with van der Waals surface area (Å²) in [4.78, 5) is 11.8. The molecule has 1 fully saturated rings. The first kappa shape index (κ1) is 15.8. The Hall–Kier alpha value is -0.220. The number of carbonyl (C=O) groups excluding carboxylic acids is 1. The molecular formula is C14H28N2OS. The third-order valence-electron chi connectivity index (χ3n) is 3.71. The number of hydrogen-bond donors (Lipinski definition) is 2. The Morgan fingerprint density at radius 2 is 1.94 bits per heavy atom. The highest BCUT2D eigenvalue weighted by molar-refractivity contribution is 7.98. The van der Waals surface area contributed by atoms with Gasteiger partial charge in [0.15, 0.2) is 0 Å². The maximum Gasteiger partial charge on any atom is 0.221 e. The van der Waals surface area contributed by atoms with E-state index in [9.17, 15) is 4.79 Å². The van der Waals surface area contributed by atoms with Crippen LogP contribution in [0.1, 0.15) is 57.8 Å². The van der Waals surface area contributed by atoms with Gasteiger partial charge in [-0.1, -0.05) is 25.7 Å². The van der Waals surface area contributed by atoms with Gasteiger partial charge in [0.05, 0.1) is 0 Å². The number of carbonyl (C=O) groups is 1. The average molecular weight is 272 g/mol. The maximum atomic E-state index is 11.8. The molecule has 0 aromatic rings. The van der Waals surface area contributed by atoms with Crippen molar-refractivity contribution in [1.29, 1.82) is 0 Å². The SMILES string of the molecule is CSCCCCCNC(=O)CC1(N)CCCCC1. The lowest BCUT2D eigenvalue weighted by Gasteiger charge is -2.32. The van der Waals surface area contributed by atoms with Crippen LogP contribution in [0.3, 0.4) is 0 Å². The number of nitrogens with one attached hydrogen (secondary N) is 1. The molecule has 1 aliphatic carbocycles. The number of amides is 1. The first-order valence-corrected chi connectivity index (χ1v) is 8.60. The van der Waals surface area contributed by atoms with E-state index in [1.807, 2.05) is 11.8 Å². The second-order valence-corrected chi connectivity index (χ2v) is 6.49. The molecule has 0 radical (unpaired) electrons. The molecular weight excluding hydrogens is 244 g/mol. The smallest absolute Gasteiger partial charge is 0.221 e. The van der Waals surface area contributed by atoms with Gasteiger partial charge in [0.1, 0.15) is 0 Å². The van der Waals surface area contributed by atoms with Gasteiger partial charge in [0.25, 0.3) is 0 Å². The molecule has 106 valence electrons. The standard InChI is InChI=1S/C14H28N2OS/c1-18-11-7-3-6-10-16-13(17)12-14(15)8-4-2-5-9-14/h2-12,15H2,1H3,(H,16,17). The topological polar surface area (TPSA) is 55.1 Å². The monoisotopic (exact) mass is 272 g/mol. The van der Waals surface area contributed by atoms with E-state index in [2.05, 4.69) is 11.6 Å². The average Bonchev–Trinajstić information content (AvgIpc) is 2.34. The Balaban J connectivity index is 2.06. The Labute approximate surface area is 116 Å². The summed E-state index contributed by atoms with van der Waals surface area (Å²) < 4.78 is 0. The minimum Gasteiger partial charge on any atom is -0.356 e. The van der Waals surface area contributed by atoms with Gasteiger partial charge in [-0.25, -0.2) is 0 Å².